The van der Waals surface area contributed by atoms with Crippen molar-refractivity contribution in [2.45, 2.75) is 32.2 Å². The van der Waals surface area contributed by atoms with E-state index in [-0.39, 0.29) is 0 Å². The Hall–Kier alpha value is -0.940. The van der Waals surface area contributed by atoms with Gasteiger partial charge in [0, 0.05) is 32.9 Å². The molecule has 2 fully saturated rings. The van der Waals surface area contributed by atoms with Crippen LogP contribution in [0, 0.1) is 5.41 Å². The van der Waals surface area contributed by atoms with Crippen LogP contribution in [0.5, 0.6) is 0 Å². The fourth-order valence-electron chi connectivity index (χ4n) is 3.52. The van der Waals surface area contributed by atoms with E-state index in [0.29, 0.717) is 5.41 Å². The van der Waals surface area contributed by atoms with Crippen LogP contribution in [0.2, 0.25) is 0 Å². The first-order valence-corrected chi connectivity index (χ1v) is 7.04. The van der Waals surface area contributed by atoms with Crippen LogP contribution in [-0.4, -0.2) is 46.1 Å². The molecule has 2 saturated heterocycles. The summed E-state index contributed by atoms with van der Waals surface area (Å²) in [5.74, 6) is 0. The Labute approximate surface area is 109 Å². The van der Waals surface area contributed by atoms with Gasteiger partial charge in [-0.25, -0.2) is 0 Å². The number of nitrogens with zero attached hydrogens (tertiary/aromatic N) is 4. The molecule has 5 heteroatoms. The molecular weight excluding hydrogens is 226 g/mol. The van der Waals surface area contributed by atoms with E-state index in [1.54, 1.807) is 4.68 Å². The second-order valence-electron chi connectivity index (χ2n) is 5.98. The van der Waals surface area contributed by atoms with E-state index >= 15 is 0 Å². The minimum atomic E-state index is 0.526. The third-order valence-electron chi connectivity index (χ3n) is 4.34. The summed E-state index contributed by atoms with van der Waals surface area (Å²) in [7, 11) is 1.93. The molecule has 5 nitrogen and oxygen atoms in total. The predicted octanol–water partition coefficient (Wildman–Crippen LogP) is 0.781. The quantitative estimate of drug-likeness (QED) is 0.841. The van der Waals surface area contributed by atoms with E-state index in [1.807, 2.05) is 13.2 Å². The van der Waals surface area contributed by atoms with E-state index in [0.717, 1.165) is 12.2 Å². The van der Waals surface area contributed by atoms with Gasteiger partial charge < -0.3 is 5.32 Å². The maximum Gasteiger partial charge on any atom is 0.0967 e. The van der Waals surface area contributed by atoms with Gasteiger partial charge in [0.15, 0.2) is 0 Å². The van der Waals surface area contributed by atoms with Crippen molar-refractivity contribution >= 4 is 0 Å². The van der Waals surface area contributed by atoms with Crippen molar-refractivity contribution in [3.05, 3.63) is 11.9 Å². The maximum absolute atomic E-state index is 4.20. The fourth-order valence-corrected chi connectivity index (χ4v) is 3.52. The van der Waals surface area contributed by atoms with Crippen LogP contribution in [0.3, 0.4) is 0 Å². The molecule has 1 atom stereocenters. The highest BCUT2D eigenvalue weighted by molar-refractivity contribution is 4.96. The van der Waals surface area contributed by atoms with Crippen LogP contribution in [0.25, 0.3) is 0 Å². The van der Waals surface area contributed by atoms with Crippen LogP contribution in [0.1, 0.15) is 31.4 Å². The minimum Gasteiger partial charge on any atom is -0.316 e. The molecule has 1 unspecified atom stereocenters. The lowest BCUT2D eigenvalue weighted by Gasteiger charge is -2.45. The summed E-state index contributed by atoms with van der Waals surface area (Å²) in [6.07, 6.45) is 7.45. The molecule has 0 amide bonds. The second-order valence-corrected chi connectivity index (χ2v) is 5.98. The van der Waals surface area contributed by atoms with Crippen molar-refractivity contribution in [1.29, 1.82) is 0 Å². The largest absolute Gasteiger partial charge is 0.316 e. The molecule has 3 rings (SSSR count). The molecule has 1 aromatic rings. The number of aryl methyl sites for hydroxylation is 1. The van der Waals surface area contributed by atoms with Gasteiger partial charge in [0.05, 0.1) is 5.69 Å². The third kappa shape index (κ3) is 2.57. The number of likely N-dealkylation sites (tertiary alicyclic amines) is 1. The highest BCUT2D eigenvalue weighted by Crippen LogP contribution is 2.36. The van der Waals surface area contributed by atoms with Gasteiger partial charge in [0.2, 0.25) is 0 Å². The van der Waals surface area contributed by atoms with Crippen molar-refractivity contribution in [3.63, 3.8) is 0 Å². The Balaban J connectivity index is 1.63. The first kappa shape index (κ1) is 12.1. The monoisotopic (exact) mass is 249 g/mol. The molecule has 0 aliphatic carbocycles. The maximum atomic E-state index is 4.20. The van der Waals surface area contributed by atoms with Crippen LogP contribution < -0.4 is 5.32 Å². The van der Waals surface area contributed by atoms with Gasteiger partial charge >= 0.3 is 0 Å². The molecule has 100 valence electrons. The first-order chi connectivity index (χ1) is 8.76. The third-order valence-corrected chi connectivity index (χ3v) is 4.34. The number of hydrogen-bond acceptors (Lipinski definition) is 4. The second kappa shape index (κ2) is 4.97. The molecular formula is C13H23N5. The highest BCUT2D eigenvalue weighted by Gasteiger charge is 2.36. The van der Waals surface area contributed by atoms with Gasteiger partial charge in [-0.1, -0.05) is 5.21 Å². The van der Waals surface area contributed by atoms with E-state index in [9.17, 15) is 0 Å². The molecule has 1 spiro atoms. The summed E-state index contributed by atoms with van der Waals surface area (Å²) in [4.78, 5) is 2.56. The van der Waals surface area contributed by atoms with E-state index in [4.69, 9.17) is 0 Å². The Kier molecular flexibility index (Phi) is 3.35. The summed E-state index contributed by atoms with van der Waals surface area (Å²) in [5, 5.41) is 11.8. The molecule has 18 heavy (non-hydrogen) atoms. The smallest absolute Gasteiger partial charge is 0.0967 e. The van der Waals surface area contributed by atoms with Crippen LogP contribution in [0.15, 0.2) is 6.20 Å². The van der Waals surface area contributed by atoms with Crippen molar-refractivity contribution in [2.75, 3.05) is 26.2 Å². The summed E-state index contributed by atoms with van der Waals surface area (Å²) in [6.45, 7) is 5.78. The fraction of sp³-hybridized carbons (Fsp3) is 0.846. The SMILES string of the molecule is Cn1cc(CN2CCCC3(CCCNC3)C2)nn1. The zero-order valence-corrected chi connectivity index (χ0v) is 11.2. The van der Waals surface area contributed by atoms with Gasteiger partial charge in [0.1, 0.15) is 0 Å². The number of hydrogen-bond donors (Lipinski definition) is 1. The average molecular weight is 249 g/mol. The molecule has 2 aliphatic rings. The minimum absolute atomic E-state index is 0.526. The lowest BCUT2D eigenvalue weighted by atomic mass is 9.74. The molecule has 0 saturated carbocycles. The van der Waals surface area contributed by atoms with E-state index < -0.39 is 0 Å². The Bertz CT molecular complexity index is 388. The predicted molar refractivity (Wildman–Crippen MR) is 70.1 cm³/mol. The average Bonchev–Trinajstić information content (AvgIpc) is 2.76. The molecule has 3 heterocycles. The van der Waals surface area contributed by atoms with Crippen LogP contribution >= 0.6 is 0 Å². The van der Waals surface area contributed by atoms with Gasteiger partial charge in [-0.15, -0.1) is 5.10 Å². The lowest BCUT2D eigenvalue weighted by molar-refractivity contribution is 0.0593. The standard InChI is InChI=1S/C13H23N5/c1-17-8-12(15-16-17)9-18-7-3-5-13(11-18)4-2-6-14-10-13/h8,14H,2-7,9-11H2,1H3. The zero-order chi connectivity index (χ0) is 12.4. The van der Waals surface area contributed by atoms with Gasteiger partial charge in [0.25, 0.3) is 0 Å². The van der Waals surface area contributed by atoms with Crippen molar-refractivity contribution < 1.29 is 0 Å². The summed E-state index contributed by atoms with van der Waals surface area (Å²) < 4.78 is 1.79. The molecule has 2 aliphatic heterocycles. The summed E-state index contributed by atoms with van der Waals surface area (Å²) >= 11 is 0. The zero-order valence-electron chi connectivity index (χ0n) is 11.2. The van der Waals surface area contributed by atoms with Crippen LogP contribution in [0.4, 0.5) is 0 Å². The summed E-state index contributed by atoms with van der Waals surface area (Å²) in [5.41, 5.74) is 1.62. The molecule has 0 radical (unpaired) electrons. The summed E-state index contributed by atoms with van der Waals surface area (Å²) in [6, 6.07) is 0. The Morgan fingerprint density at radius 3 is 3.00 bits per heavy atom. The van der Waals surface area contributed by atoms with Crippen LogP contribution in [-0.2, 0) is 13.6 Å². The van der Waals surface area contributed by atoms with E-state index in [2.05, 4.69) is 20.5 Å². The molecule has 0 aromatic carbocycles. The van der Waals surface area contributed by atoms with Crippen molar-refractivity contribution in [3.8, 4) is 0 Å². The highest BCUT2D eigenvalue weighted by atomic mass is 15.4. The normalized spacial score (nSPS) is 29.8. The number of rotatable bonds is 2. The lowest BCUT2D eigenvalue weighted by Crippen LogP contribution is -2.50. The number of piperidine rings is 2. The first-order valence-electron chi connectivity index (χ1n) is 7.04. The molecule has 1 aromatic heterocycles. The van der Waals surface area contributed by atoms with Gasteiger partial charge in [-0.3, -0.25) is 9.58 Å². The topological polar surface area (TPSA) is 46.0 Å². The van der Waals surface area contributed by atoms with Crippen molar-refractivity contribution in [2.24, 2.45) is 12.5 Å². The van der Waals surface area contributed by atoms with Gasteiger partial charge in [-0.05, 0) is 44.2 Å². The molecule has 0 bridgehead atoms. The number of nitrogens with one attached hydrogen (secondary N) is 1. The number of aromatic nitrogens is 3. The van der Waals surface area contributed by atoms with Gasteiger partial charge in [-0.2, -0.15) is 0 Å². The molecule has 1 N–H and O–H groups in total. The van der Waals surface area contributed by atoms with Crippen molar-refractivity contribution in [1.82, 2.24) is 25.2 Å². The Morgan fingerprint density at radius 1 is 1.39 bits per heavy atom. The Morgan fingerprint density at radius 2 is 2.28 bits per heavy atom. The van der Waals surface area contributed by atoms with E-state index in [1.165, 1.54) is 51.9 Å².